The normalized spacial score (nSPS) is 11.7. The Morgan fingerprint density at radius 1 is 1.14 bits per heavy atom. The molecule has 3 heterocycles. The number of hydrogen-bond acceptors (Lipinski definition) is 5. The lowest BCUT2D eigenvalue weighted by atomic mass is 10.2. The fraction of sp³-hybridized carbons (Fsp3) is 0.120. The van der Waals surface area contributed by atoms with Gasteiger partial charge in [-0.3, -0.25) is 14.3 Å². The Morgan fingerprint density at radius 3 is 2.71 bits per heavy atom. The van der Waals surface area contributed by atoms with E-state index in [1.807, 2.05) is 50.2 Å². The highest BCUT2D eigenvalue weighted by molar-refractivity contribution is 14.1. The van der Waals surface area contributed by atoms with E-state index >= 15 is 0 Å². The fourth-order valence-electron chi connectivity index (χ4n) is 4.09. The third kappa shape index (κ3) is 4.20. The van der Waals surface area contributed by atoms with Crippen molar-refractivity contribution in [3.8, 4) is 0 Å². The summed E-state index contributed by atoms with van der Waals surface area (Å²) in [6.07, 6.45) is 1.55. The number of para-hydroxylation sites is 1. The SMILES string of the molecule is Cc1cc(C=NNC(=O)c2cc3cc(Br)cc(I)c3o2)c(C)n1-n1c(C)nc2ccccc2c1=O. The predicted octanol–water partition coefficient (Wildman–Crippen LogP) is 5.31. The van der Waals surface area contributed by atoms with Crippen molar-refractivity contribution < 1.29 is 9.21 Å². The maximum Gasteiger partial charge on any atom is 0.307 e. The van der Waals surface area contributed by atoms with E-state index in [4.69, 9.17) is 4.42 Å². The number of carbonyl (C=O) groups is 1. The van der Waals surface area contributed by atoms with Gasteiger partial charge in [-0.15, -0.1) is 0 Å². The van der Waals surface area contributed by atoms with Crippen molar-refractivity contribution in [1.29, 1.82) is 0 Å². The molecule has 8 nitrogen and oxygen atoms in total. The maximum atomic E-state index is 13.2. The highest BCUT2D eigenvalue weighted by Gasteiger charge is 2.16. The molecule has 0 unspecified atom stereocenters. The lowest BCUT2D eigenvalue weighted by molar-refractivity contribution is 0.0929. The smallest absolute Gasteiger partial charge is 0.307 e. The molecule has 2 aromatic carbocycles. The summed E-state index contributed by atoms with van der Waals surface area (Å²) in [6, 6.07) is 14.7. The van der Waals surface area contributed by atoms with Crippen molar-refractivity contribution in [3.63, 3.8) is 0 Å². The number of hydrogen-bond donors (Lipinski definition) is 1. The first kappa shape index (κ1) is 23.5. The van der Waals surface area contributed by atoms with E-state index in [1.54, 1.807) is 34.6 Å². The van der Waals surface area contributed by atoms with Crippen molar-refractivity contribution in [2.24, 2.45) is 5.10 Å². The van der Waals surface area contributed by atoms with Gasteiger partial charge in [-0.1, -0.05) is 28.1 Å². The van der Waals surface area contributed by atoms with Gasteiger partial charge in [0.05, 0.1) is 20.7 Å². The number of aromatic nitrogens is 3. The van der Waals surface area contributed by atoms with Crippen molar-refractivity contribution in [3.05, 3.63) is 95.5 Å². The van der Waals surface area contributed by atoms with Crippen LogP contribution in [0.5, 0.6) is 0 Å². The van der Waals surface area contributed by atoms with E-state index in [1.165, 1.54) is 0 Å². The zero-order valence-corrected chi connectivity index (χ0v) is 22.7. The fourth-order valence-corrected chi connectivity index (χ4v) is 5.75. The molecule has 0 atom stereocenters. The Labute approximate surface area is 221 Å². The van der Waals surface area contributed by atoms with E-state index in [9.17, 15) is 9.59 Å². The van der Waals surface area contributed by atoms with Crippen molar-refractivity contribution in [1.82, 2.24) is 19.8 Å². The Morgan fingerprint density at radius 2 is 1.91 bits per heavy atom. The van der Waals surface area contributed by atoms with Gasteiger partial charge in [0.1, 0.15) is 11.4 Å². The summed E-state index contributed by atoms with van der Waals surface area (Å²) in [5, 5.41) is 5.49. The molecule has 0 radical (unpaired) electrons. The molecule has 0 bridgehead atoms. The Kier molecular flexibility index (Phi) is 6.09. The Hall–Kier alpha value is -3.25. The van der Waals surface area contributed by atoms with E-state index in [0.717, 1.165) is 30.4 Å². The zero-order valence-electron chi connectivity index (χ0n) is 19.0. The first-order chi connectivity index (χ1) is 16.7. The van der Waals surface area contributed by atoms with Crippen LogP contribution in [-0.2, 0) is 0 Å². The highest BCUT2D eigenvalue weighted by Crippen LogP contribution is 2.28. The summed E-state index contributed by atoms with van der Waals surface area (Å²) < 4.78 is 10.9. The molecule has 0 saturated heterocycles. The molecule has 176 valence electrons. The number of amides is 1. The standard InChI is InChI=1S/C25H19BrIN5O3/c1-13-8-17(12-28-30-24(33)22-10-16-9-18(26)11-20(27)23(16)35-22)14(2)31(13)32-15(3)29-21-7-5-4-6-19(21)25(32)34/h4-12H,1-3H3,(H,30,33). The van der Waals surface area contributed by atoms with Gasteiger partial charge in [0.25, 0.3) is 5.56 Å². The monoisotopic (exact) mass is 643 g/mol. The van der Waals surface area contributed by atoms with Crippen molar-refractivity contribution in [2.45, 2.75) is 20.8 Å². The summed E-state index contributed by atoms with van der Waals surface area (Å²) in [4.78, 5) is 30.4. The summed E-state index contributed by atoms with van der Waals surface area (Å²) in [7, 11) is 0. The molecular formula is C25H19BrIN5O3. The molecule has 1 N–H and O–H groups in total. The number of nitrogens with one attached hydrogen (secondary N) is 1. The number of carbonyl (C=O) groups excluding carboxylic acids is 1. The topological polar surface area (TPSA) is 94.4 Å². The summed E-state index contributed by atoms with van der Waals surface area (Å²) in [5.74, 6) is 0.283. The third-order valence-corrected chi connectivity index (χ3v) is 6.94. The van der Waals surface area contributed by atoms with E-state index in [0.29, 0.717) is 22.3 Å². The summed E-state index contributed by atoms with van der Waals surface area (Å²) in [6.45, 7) is 5.59. The van der Waals surface area contributed by atoms with Crippen LogP contribution in [0, 0.1) is 24.3 Å². The number of aryl methyl sites for hydroxylation is 2. The predicted molar refractivity (Wildman–Crippen MR) is 147 cm³/mol. The van der Waals surface area contributed by atoms with Crippen LogP contribution in [0.2, 0.25) is 0 Å². The van der Waals surface area contributed by atoms with Crippen LogP contribution >= 0.6 is 38.5 Å². The molecule has 0 saturated carbocycles. The van der Waals surface area contributed by atoms with Gasteiger partial charge in [-0.2, -0.15) is 9.78 Å². The second-order valence-electron chi connectivity index (χ2n) is 8.05. The van der Waals surface area contributed by atoms with Gasteiger partial charge in [0.2, 0.25) is 0 Å². The number of nitrogens with zero attached hydrogens (tertiary/aromatic N) is 4. The highest BCUT2D eigenvalue weighted by atomic mass is 127. The minimum Gasteiger partial charge on any atom is -0.450 e. The number of fused-ring (bicyclic) bond motifs is 2. The average Bonchev–Trinajstić information content (AvgIpc) is 3.36. The van der Waals surface area contributed by atoms with Crippen LogP contribution in [0.4, 0.5) is 0 Å². The molecule has 10 heteroatoms. The van der Waals surface area contributed by atoms with Crippen LogP contribution in [0.15, 0.2) is 67.3 Å². The average molecular weight is 644 g/mol. The minimum absolute atomic E-state index is 0.155. The lowest BCUT2D eigenvalue weighted by Gasteiger charge is -2.16. The third-order valence-electron chi connectivity index (χ3n) is 5.68. The minimum atomic E-state index is -0.455. The summed E-state index contributed by atoms with van der Waals surface area (Å²) in [5.41, 5.74) is 6.04. The van der Waals surface area contributed by atoms with Gasteiger partial charge in [-0.25, -0.2) is 10.4 Å². The van der Waals surface area contributed by atoms with Gasteiger partial charge in [0.15, 0.2) is 5.76 Å². The number of benzene rings is 2. The van der Waals surface area contributed by atoms with Crippen LogP contribution in [-0.4, -0.2) is 26.5 Å². The molecule has 0 aliphatic carbocycles. The second-order valence-corrected chi connectivity index (χ2v) is 10.1. The van der Waals surface area contributed by atoms with Crippen molar-refractivity contribution >= 4 is 72.5 Å². The summed E-state index contributed by atoms with van der Waals surface area (Å²) >= 11 is 5.62. The molecule has 35 heavy (non-hydrogen) atoms. The van der Waals surface area contributed by atoms with Gasteiger partial charge < -0.3 is 4.42 Å². The second kappa shape index (κ2) is 9.08. The molecule has 0 aliphatic rings. The molecular weight excluding hydrogens is 625 g/mol. The maximum absolute atomic E-state index is 13.2. The van der Waals surface area contributed by atoms with E-state index in [-0.39, 0.29) is 11.3 Å². The molecule has 3 aromatic heterocycles. The first-order valence-corrected chi connectivity index (χ1v) is 12.5. The quantitative estimate of drug-likeness (QED) is 0.163. The molecule has 5 rings (SSSR count). The molecule has 0 fully saturated rings. The lowest BCUT2D eigenvalue weighted by Crippen LogP contribution is -2.30. The van der Waals surface area contributed by atoms with Crippen LogP contribution in [0.1, 0.15) is 33.3 Å². The molecule has 5 aromatic rings. The number of hydrazone groups is 1. The molecule has 0 aliphatic heterocycles. The first-order valence-electron chi connectivity index (χ1n) is 10.6. The largest absolute Gasteiger partial charge is 0.450 e. The number of furan rings is 1. The van der Waals surface area contributed by atoms with E-state index in [2.05, 4.69) is 54.0 Å². The zero-order chi connectivity index (χ0) is 24.9. The van der Waals surface area contributed by atoms with Crippen LogP contribution in [0.3, 0.4) is 0 Å². The Balaban J connectivity index is 1.44. The van der Waals surface area contributed by atoms with E-state index < -0.39 is 5.91 Å². The van der Waals surface area contributed by atoms with Crippen molar-refractivity contribution in [2.75, 3.05) is 0 Å². The van der Waals surface area contributed by atoms with Crippen LogP contribution in [0.25, 0.3) is 21.9 Å². The van der Waals surface area contributed by atoms with Gasteiger partial charge in [-0.05, 0) is 79.8 Å². The Bertz CT molecular complexity index is 1730. The molecule has 0 spiro atoms. The van der Waals surface area contributed by atoms with Gasteiger partial charge in [0, 0.05) is 26.8 Å². The van der Waals surface area contributed by atoms with Gasteiger partial charge >= 0.3 is 5.91 Å². The number of rotatable bonds is 4. The molecule has 1 amide bonds. The van der Waals surface area contributed by atoms with Crippen LogP contribution < -0.4 is 11.0 Å². The number of halogens is 2.